The highest BCUT2D eigenvalue weighted by molar-refractivity contribution is 5.85. The van der Waals surface area contributed by atoms with Crippen molar-refractivity contribution in [3.8, 4) is 0 Å². The Morgan fingerprint density at radius 2 is 1.89 bits per heavy atom. The summed E-state index contributed by atoms with van der Waals surface area (Å²) in [5.74, 6) is -0.924. The van der Waals surface area contributed by atoms with Gasteiger partial charge in [0.2, 0.25) is 5.91 Å². The maximum absolute atomic E-state index is 12.0. The quantitative estimate of drug-likeness (QED) is 0.676. The van der Waals surface area contributed by atoms with E-state index in [1.54, 1.807) is 0 Å². The number of carboxylic acid groups (broad SMARTS) is 1. The second-order valence-corrected chi connectivity index (χ2v) is 4.53. The summed E-state index contributed by atoms with van der Waals surface area (Å²) < 4.78 is 0. The van der Waals surface area contributed by atoms with Crippen molar-refractivity contribution in [1.29, 1.82) is 0 Å². The molecule has 1 fully saturated rings. The highest BCUT2D eigenvalue weighted by Crippen LogP contribution is 2.29. The van der Waals surface area contributed by atoms with Crippen molar-refractivity contribution in [2.24, 2.45) is 5.92 Å². The zero-order valence-electron chi connectivity index (χ0n) is 10.7. The van der Waals surface area contributed by atoms with Crippen LogP contribution in [0.5, 0.6) is 0 Å². The second-order valence-electron chi connectivity index (χ2n) is 4.53. The van der Waals surface area contributed by atoms with Crippen molar-refractivity contribution in [1.82, 2.24) is 15.1 Å². The minimum atomic E-state index is -1.04. The lowest BCUT2D eigenvalue weighted by Gasteiger charge is -2.26. The molecule has 18 heavy (non-hydrogen) atoms. The maximum atomic E-state index is 12.0. The summed E-state index contributed by atoms with van der Waals surface area (Å²) in [6, 6.07) is -0.423. The first kappa shape index (κ1) is 14.3. The Morgan fingerprint density at radius 1 is 1.28 bits per heavy atom. The number of amides is 3. The third kappa shape index (κ3) is 4.60. The summed E-state index contributed by atoms with van der Waals surface area (Å²) >= 11 is 0. The van der Waals surface area contributed by atoms with Gasteiger partial charge in [0.15, 0.2) is 0 Å². The lowest BCUT2D eigenvalue weighted by atomic mass is 10.3. The molecule has 0 bridgehead atoms. The lowest BCUT2D eigenvalue weighted by molar-refractivity contribution is -0.137. The van der Waals surface area contributed by atoms with Gasteiger partial charge in [0.1, 0.15) is 13.1 Å². The van der Waals surface area contributed by atoms with Gasteiger partial charge in [-0.15, -0.1) is 0 Å². The van der Waals surface area contributed by atoms with E-state index in [1.165, 1.54) is 23.9 Å². The van der Waals surface area contributed by atoms with Gasteiger partial charge in [0.25, 0.3) is 0 Å². The van der Waals surface area contributed by atoms with E-state index in [0.29, 0.717) is 12.5 Å². The number of nitrogens with one attached hydrogen (secondary N) is 1. The van der Waals surface area contributed by atoms with Gasteiger partial charge in [-0.05, 0) is 18.8 Å². The summed E-state index contributed by atoms with van der Waals surface area (Å²) in [5.41, 5.74) is 0. The van der Waals surface area contributed by atoms with E-state index < -0.39 is 12.0 Å². The fourth-order valence-corrected chi connectivity index (χ4v) is 1.59. The average Bonchev–Trinajstić information content (AvgIpc) is 3.10. The number of hydrogen-bond acceptors (Lipinski definition) is 3. The molecule has 0 aromatic heterocycles. The van der Waals surface area contributed by atoms with Gasteiger partial charge >= 0.3 is 12.0 Å². The molecule has 0 radical (unpaired) electrons. The number of aliphatic carboxylic acids is 1. The first-order chi connectivity index (χ1) is 8.43. The maximum Gasteiger partial charge on any atom is 0.323 e. The molecule has 2 N–H and O–H groups in total. The first-order valence-corrected chi connectivity index (χ1v) is 5.86. The smallest absolute Gasteiger partial charge is 0.323 e. The largest absolute Gasteiger partial charge is 0.480 e. The third-order valence-corrected chi connectivity index (χ3v) is 2.76. The van der Waals surface area contributed by atoms with Crippen molar-refractivity contribution in [2.75, 3.05) is 33.7 Å². The van der Waals surface area contributed by atoms with E-state index in [1.807, 2.05) is 0 Å². The number of hydrogen-bond donors (Lipinski definition) is 2. The Balaban J connectivity index is 2.55. The second kappa shape index (κ2) is 6.23. The number of nitrogens with zero attached hydrogens (tertiary/aromatic N) is 2. The molecule has 0 aromatic rings. The summed E-state index contributed by atoms with van der Waals surface area (Å²) in [4.78, 5) is 36.4. The van der Waals surface area contributed by atoms with Crippen molar-refractivity contribution in [3.63, 3.8) is 0 Å². The van der Waals surface area contributed by atoms with Gasteiger partial charge in [-0.25, -0.2) is 4.79 Å². The zero-order valence-corrected chi connectivity index (χ0v) is 10.7. The monoisotopic (exact) mass is 257 g/mol. The van der Waals surface area contributed by atoms with E-state index >= 15 is 0 Å². The highest BCUT2D eigenvalue weighted by atomic mass is 16.4. The van der Waals surface area contributed by atoms with E-state index in [0.717, 1.165) is 12.8 Å². The first-order valence-electron chi connectivity index (χ1n) is 5.86. The fraction of sp³-hybridized carbons (Fsp3) is 0.727. The Labute approximate surface area is 106 Å². The molecule has 0 aliphatic heterocycles. The SMILES string of the molecule is CNC(=O)CN(C)C(=O)N(CC(=O)O)CC1CC1. The van der Waals surface area contributed by atoms with E-state index in [9.17, 15) is 14.4 Å². The van der Waals surface area contributed by atoms with Crippen molar-refractivity contribution < 1.29 is 19.5 Å². The van der Waals surface area contributed by atoms with Crippen LogP contribution < -0.4 is 5.32 Å². The van der Waals surface area contributed by atoms with Gasteiger partial charge in [0, 0.05) is 20.6 Å². The predicted octanol–water partition coefficient (Wildman–Crippen LogP) is -0.419. The van der Waals surface area contributed by atoms with Crippen LogP contribution in [0.3, 0.4) is 0 Å². The molecule has 7 nitrogen and oxygen atoms in total. The molecule has 1 saturated carbocycles. The van der Waals surface area contributed by atoms with Crippen LogP contribution in [-0.4, -0.2) is 66.5 Å². The molecule has 1 rings (SSSR count). The van der Waals surface area contributed by atoms with Crippen LogP contribution in [0.25, 0.3) is 0 Å². The third-order valence-electron chi connectivity index (χ3n) is 2.76. The van der Waals surface area contributed by atoms with Crippen LogP contribution in [0.1, 0.15) is 12.8 Å². The highest BCUT2D eigenvalue weighted by Gasteiger charge is 2.29. The number of urea groups is 1. The Kier molecular flexibility index (Phi) is 4.94. The van der Waals surface area contributed by atoms with Crippen LogP contribution in [-0.2, 0) is 9.59 Å². The summed E-state index contributed by atoms with van der Waals surface area (Å²) in [5, 5.41) is 11.2. The molecular formula is C11H19N3O4. The van der Waals surface area contributed by atoms with E-state index in [4.69, 9.17) is 5.11 Å². The predicted molar refractivity (Wildman–Crippen MR) is 64.0 cm³/mol. The molecule has 7 heteroatoms. The molecule has 0 saturated heterocycles. The molecule has 0 aromatic carbocycles. The van der Waals surface area contributed by atoms with Gasteiger partial charge in [-0.3, -0.25) is 9.59 Å². The normalized spacial score (nSPS) is 13.9. The minimum absolute atomic E-state index is 0.0733. The summed E-state index contributed by atoms with van der Waals surface area (Å²) in [6.45, 7) is 0.0484. The number of carboxylic acids is 1. The van der Waals surface area contributed by atoms with E-state index in [-0.39, 0.29) is 19.0 Å². The fourth-order valence-electron chi connectivity index (χ4n) is 1.59. The van der Waals surface area contributed by atoms with Crippen molar-refractivity contribution >= 4 is 17.9 Å². The van der Waals surface area contributed by atoms with Gasteiger partial charge in [-0.2, -0.15) is 0 Å². The standard InChI is InChI=1S/C11H19N3O4/c1-12-9(15)6-13(2)11(18)14(7-10(16)17)5-8-3-4-8/h8H,3-7H2,1-2H3,(H,12,15)(H,16,17). The number of carbonyl (C=O) groups is 3. The number of carbonyl (C=O) groups excluding carboxylic acids is 2. The van der Waals surface area contributed by atoms with Gasteiger partial charge in [-0.1, -0.05) is 0 Å². The topological polar surface area (TPSA) is 90.0 Å². The molecule has 1 aliphatic rings. The number of rotatable bonds is 6. The van der Waals surface area contributed by atoms with E-state index in [2.05, 4.69) is 5.32 Å². The molecule has 0 spiro atoms. The average molecular weight is 257 g/mol. The lowest BCUT2D eigenvalue weighted by Crippen LogP contribution is -2.47. The zero-order chi connectivity index (χ0) is 13.7. The summed E-state index contributed by atoms with van der Waals surface area (Å²) in [6.07, 6.45) is 2.06. The summed E-state index contributed by atoms with van der Waals surface area (Å²) in [7, 11) is 2.97. The van der Waals surface area contributed by atoms with Crippen LogP contribution >= 0.6 is 0 Å². The Bertz CT molecular complexity index is 341. The Morgan fingerprint density at radius 3 is 2.33 bits per heavy atom. The molecular weight excluding hydrogens is 238 g/mol. The van der Waals surface area contributed by atoms with Crippen LogP contribution in [0.15, 0.2) is 0 Å². The molecule has 102 valence electrons. The number of likely N-dealkylation sites (N-methyl/N-ethyl adjacent to an activating group) is 2. The molecule has 0 unspecified atom stereocenters. The Hall–Kier alpha value is -1.79. The van der Waals surface area contributed by atoms with Crippen LogP contribution in [0, 0.1) is 5.92 Å². The molecule has 0 atom stereocenters. The van der Waals surface area contributed by atoms with Gasteiger partial charge in [0.05, 0.1) is 0 Å². The van der Waals surface area contributed by atoms with Crippen LogP contribution in [0.2, 0.25) is 0 Å². The minimum Gasteiger partial charge on any atom is -0.480 e. The molecule has 0 heterocycles. The molecule has 1 aliphatic carbocycles. The molecule has 3 amide bonds. The van der Waals surface area contributed by atoms with Crippen molar-refractivity contribution in [2.45, 2.75) is 12.8 Å². The van der Waals surface area contributed by atoms with Crippen LogP contribution in [0.4, 0.5) is 4.79 Å². The van der Waals surface area contributed by atoms with Gasteiger partial charge < -0.3 is 20.2 Å². The van der Waals surface area contributed by atoms with Crippen molar-refractivity contribution in [3.05, 3.63) is 0 Å².